The van der Waals surface area contributed by atoms with Gasteiger partial charge in [0.1, 0.15) is 18.3 Å². The van der Waals surface area contributed by atoms with Gasteiger partial charge in [0.25, 0.3) is 0 Å². The number of hydrogen-bond acceptors (Lipinski definition) is 5. The summed E-state index contributed by atoms with van der Waals surface area (Å²) < 4.78 is 15.8. The van der Waals surface area contributed by atoms with E-state index in [0.717, 1.165) is 0 Å². The summed E-state index contributed by atoms with van der Waals surface area (Å²) in [4.78, 5) is 10.4. The Morgan fingerprint density at radius 3 is 2.62 bits per heavy atom. The fourth-order valence-electron chi connectivity index (χ4n) is 1.63. The first-order chi connectivity index (χ1) is 6.03. The van der Waals surface area contributed by atoms with Crippen molar-refractivity contribution in [3.05, 3.63) is 0 Å². The van der Waals surface area contributed by atoms with Gasteiger partial charge in [-0.2, -0.15) is 0 Å². The Hall–Kier alpha value is -0.490. The summed E-state index contributed by atoms with van der Waals surface area (Å²) in [6.45, 7) is 3.47. The first kappa shape index (κ1) is 9.08. The monoisotopic (exact) mass is 188 g/mol. The fraction of sp³-hybridized carbons (Fsp3) is 0.875. The van der Waals surface area contributed by atoms with E-state index >= 15 is 0 Å². The van der Waals surface area contributed by atoms with Gasteiger partial charge in [-0.15, -0.1) is 0 Å². The zero-order valence-corrected chi connectivity index (χ0v) is 7.47. The second-order valence-corrected chi connectivity index (χ2v) is 3.70. The van der Waals surface area contributed by atoms with Crippen LogP contribution in [0.4, 0.5) is 0 Å². The summed E-state index contributed by atoms with van der Waals surface area (Å²) in [5, 5.41) is 9.53. The minimum absolute atomic E-state index is 0.551. The van der Waals surface area contributed by atoms with Crippen LogP contribution in [0.25, 0.3) is 0 Å². The predicted molar refractivity (Wildman–Crippen MR) is 40.8 cm³/mol. The van der Waals surface area contributed by atoms with Gasteiger partial charge < -0.3 is 24.1 Å². The molecule has 2 rings (SSSR count). The number of ether oxygens (including phenoxy) is 3. The molecule has 2 heterocycles. The maximum absolute atomic E-state index is 10.4. The smallest absolute Gasteiger partial charge is 0.190 e. The highest BCUT2D eigenvalue weighted by Gasteiger charge is 2.54. The van der Waals surface area contributed by atoms with E-state index in [1.54, 1.807) is 13.8 Å². The van der Waals surface area contributed by atoms with Crippen molar-refractivity contribution in [2.24, 2.45) is 0 Å². The molecule has 0 unspecified atom stereocenters. The van der Waals surface area contributed by atoms with Crippen LogP contribution in [0.3, 0.4) is 0 Å². The van der Waals surface area contributed by atoms with Gasteiger partial charge in [-0.25, -0.2) is 0 Å². The Kier molecular flexibility index (Phi) is 1.92. The van der Waals surface area contributed by atoms with Crippen molar-refractivity contribution in [2.45, 2.75) is 44.2 Å². The number of aldehydes is 1. The van der Waals surface area contributed by atoms with Crippen molar-refractivity contribution in [1.82, 2.24) is 0 Å². The number of hydrogen-bond donors (Lipinski definition) is 1. The maximum atomic E-state index is 10.4. The van der Waals surface area contributed by atoms with E-state index in [2.05, 4.69) is 0 Å². The zero-order chi connectivity index (χ0) is 9.64. The Bertz CT molecular complexity index is 227. The lowest BCUT2D eigenvalue weighted by atomic mass is 10.1. The molecule has 0 radical (unpaired) electrons. The van der Waals surface area contributed by atoms with Gasteiger partial charge in [-0.3, -0.25) is 0 Å². The van der Waals surface area contributed by atoms with E-state index in [4.69, 9.17) is 14.2 Å². The largest absolute Gasteiger partial charge is 0.387 e. The van der Waals surface area contributed by atoms with E-state index in [1.807, 2.05) is 0 Å². The highest BCUT2D eigenvalue weighted by Crippen LogP contribution is 2.36. The molecular weight excluding hydrogens is 176 g/mol. The number of aliphatic hydroxyl groups is 1. The molecule has 2 saturated heterocycles. The standard InChI is InChI=1S/C8H12O5/c1-8(2)12-6-5(10)4(3-9)11-7(6)13-8/h3-7,10H,1-2H3/t4-,5-,6+,7+/m0/s1. The molecule has 2 fully saturated rings. The average molecular weight is 188 g/mol. The van der Waals surface area contributed by atoms with Crippen molar-refractivity contribution < 1.29 is 24.1 Å². The van der Waals surface area contributed by atoms with Crippen molar-refractivity contribution in [1.29, 1.82) is 0 Å². The van der Waals surface area contributed by atoms with Crippen LogP contribution in [0.5, 0.6) is 0 Å². The van der Waals surface area contributed by atoms with Crippen LogP contribution in [0.1, 0.15) is 13.8 Å². The van der Waals surface area contributed by atoms with Crippen LogP contribution in [-0.4, -0.2) is 41.8 Å². The van der Waals surface area contributed by atoms with Gasteiger partial charge in [-0.05, 0) is 13.8 Å². The molecule has 0 amide bonds. The van der Waals surface area contributed by atoms with Crippen LogP contribution in [0.2, 0.25) is 0 Å². The maximum Gasteiger partial charge on any atom is 0.190 e. The molecule has 0 aromatic rings. The van der Waals surface area contributed by atoms with E-state index in [-0.39, 0.29) is 0 Å². The summed E-state index contributed by atoms with van der Waals surface area (Å²) in [7, 11) is 0. The van der Waals surface area contributed by atoms with Crippen LogP contribution >= 0.6 is 0 Å². The van der Waals surface area contributed by atoms with Crippen molar-refractivity contribution in [3.8, 4) is 0 Å². The summed E-state index contributed by atoms with van der Waals surface area (Å²) in [6, 6.07) is 0. The molecule has 0 spiro atoms. The van der Waals surface area contributed by atoms with E-state index in [1.165, 1.54) is 0 Å². The van der Waals surface area contributed by atoms with Crippen LogP contribution in [0, 0.1) is 0 Å². The van der Waals surface area contributed by atoms with Gasteiger partial charge in [0, 0.05) is 0 Å². The second kappa shape index (κ2) is 2.75. The third kappa shape index (κ3) is 1.38. The second-order valence-electron chi connectivity index (χ2n) is 3.70. The van der Waals surface area contributed by atoms with Gasteiger partial charge in [-0.1, -0.05) is 0 Å². The Morgan fingerprint density at radius 2 is 2.08 bits per heavy atom. The summed E-state index contributed by atoms with van der Waals surface area (Å²) >= 11 is 0. The van der Waals surface area contributed by atoms with Gasteiger partial charge in [0.15, 0.2) is 18.4 Å². The summed E-state index contributed by atoms with van der Waals surface area (Å²) in [5.74, 6) is -0.746. The van der Waals surface area contributed by atoms with E-state index in [9.17, 15) is 9.90 Å². The van der Waals surface area contributed by atoms with Crippen molar-refractivity contribution in [2.75, 3.05) is 0 Å². The normalized spacial score (nSPS) is 47.6. The molecule has 5 nitrogen and oxygen atoms in total. The molecule has 4 atom stereocenters. The first-order valence-corrected chi connectivity index (χ1v) is 4.18. The van der Waals surface area contributed by atoms with Gasteiger partial charge >= 0.3 is 0 Å². The lowest BCUT2D eigenvalue weighted by Crippen LogP contribution is -2.35. The SMILES string of the molecule is CC1(C)O[C@H]2O[C@@H](C=O)[C@H](O)[C@H]2O1. The third-order valence-corrected chi connectivity index (χ3v) is 2.19. The molecule has 0 saturated carbocycles. The predicted octanol–water partition coefficient (Wildman–Crippen LogP) is -0.577. The van der Waals surface area contributed by atoms with E-state index < -0.39 is 30.4 Å². The van der Waals surface area contributed by atoms with Gasteiger partial charge in [0.05, 0.1) is 0 Å². The highest BCUT2D eigenvalue weighted by atomic mass is 16.8. The minimum Gasteiger partial charge on any atom is -0.387 e. The molecule has 2 aliphatic heterocycles. The average Bonchev–Trinajstić information content (AvgIpc) is 2.47. The molecule has 1 N–H and O–H groups in total. The number of aliphatic hydroxyl groups excluding tert-OH is 1. The van der Waals surface area contributed by atoms with Gasteiger partial charge in [0.2, 0.25) is 0 Å². The van der Waals surface area contributed by atoms with Crippen LogP contribution < -0.4 is 0 Å². The lowest BCUT2D eigenvalue weighted by Gasteiger charge is -2.20. The van der Waals surface area contributed by atoms with Crippen LogP contribution in [0.15, 0.2) is 0 Å². The number of rotatable bonds is 1. The number of carbonyl (C=O) groups is 1. The van der Waals surface area contributed by atoms with Crippen LogP contribution in [-0.2, 0) is 19.0 Å². The molecule has 74 valence electrons. The third-order valence-electron chi connectivity index (χ3n) is 2.19. The molecule has 2 aliphatic rings. The molecule has 13 heavy (non-hydrogen) atoms. The first-order valence-electron chi connectivity index (χ1n) is 4.18. The molecule has 5 heteroatoms. The Morgan fingerprint density at radius 1 is 1.38 bits per heavy atom. The van der Waals surface area contributed by atoms with Crippen molar-refractivity contribution in [3.63, 3.8) is 0 Å². The summed E-state index contributed by atoms with van der Waals surface area (Å²) in [6.07, 6.45) is -2.37. The lowest BCUT2D eigenvalue weighted by molar-refractivity contribution is -0.212. The summed E-state index contributed by atoms with van der Waals surface area (Å²) in [5.41, 5.74) is 0. The number of fused-ring (bicyclic) bond motifs is 1. The highest BCUT2D eigenvalue weighted by molar-refractivity contribution is 5.58. The topological polar surface area (TPSA) is 65.0 Å². The van der Waals surface area contributed by atoms with E-state index in [0.29, 0.717) is 6.29 Å². The fourth-order valence-corrected chi connectivity index (χ4v) is 1.63. The zero-order valence-electron chi connectivity index (χ0n) is 7.47. The minimum atomic E-state index is -0.927. The Balaban J connectivity index is 2.11. The molecule has 0 aromatic heterocycles. The number of carbonyl (C=O) groups excluding carboxylic acids is 1. The molecule has 0 bridgehead atoms. The molecule has 0 aromatic carbocycles. The Labute approximate surface area is 75.6 Å². The van der Waals surface area contributed by atoms with Crippen molar-refractivity contribution >= 4 is 6.29 Å². The molecular formula is C8H12O5. The quantitative estimate of drug-likeness (QED) is 0.558. The molecule has 0 aliphatic carbocycles.